The number of amides is 1. The number of carbonyl (C=O) groups is 2. The van der Waals surface area contributed by atoms with E-state index in [0.717, 1.165) is 27.8 Å². The van der Waals surface area contributed by atoms with Gasteiger partial charge in [0, 0.05) is 13.1 Å². The summed E-state index contributed by atoms with van der Waals surface area (Å²) in [4.78, 5) is 26.4. The fourth-order valence-corrected chi connectivity index (χ4v) is 4.03. The van der Waals surface area contributed by atoms with Crippen LogP contribution in [0, 0.1) is 11.3 Å². The maximum absolute atomic E-state index is 12.4. The van der Waals surface area contributed by atoms with Gasteiger partial charge in [0.05, 0.1) is 24.3 Å². The van der Waals surface area contributed by atoms with Gasteiger partial charge >= 0.3 is 12.1 Å². The summed E-state index contributed by atoms with van der Waals surface area (Å²) in [5.74, 6) is 0.214. The van der Waals surface area contributed by atoms with Crippen LogP contribution in [0.5, 0.6) is 5.75 Å². The molecule has 3 aromatic rings. The normalized spacial score (nSPS) is 12.5. The molecule has 1 aliphatic heterocycles. The lowest BCUT2D eigenvalue weighted by atomic mass is 9.98. The third-order valence-corrected chi connectivity index (χ3v) is 5.70. The van der Waals surface area contributed by atoms with E-state index in [9.17, 15) is 14.9 Å². The van der Waals surface area contributed by atoms with Crippen LogP contribution in [0.15, 0.2) is 60.7 Å². The second kappa shape index (κ2) is 10.1. The number of fused-ring (bicyclic) bond motifs is 1. The fraction of sp³-hybridized carbons (Fsp3) is 0.276. The second-order valence-corrected chi connectivity index (χ2v) is 9.66. The first-order chi connectivity index (χ1) is 17.1. The van der Waals surface area contributed by atoms with Crippen molar-refractivity contribution < 1.29 is 23.8 Å². The molecule has 0 spiro atoms. The number of rotatable bonds is 5. The summed E-state index contributed by atoms with van der Waals surface area (Å²) in [6, 6.07) is 20.5. The average Bonchev–Trinajstić information content (AvgIpc) is 3.29. The van der Waals surface area contributed by atoms with E-state index in [4.69, 9.17) is 14.2 Å². The van der Waals surface area contributed by atoms with E-state index in [0.29, 0.717) is 30.0 Å². The predicted octanol–water partition coefficient (Wildman–Crippen LogP) is 5.84. The van der Waals surface area contributed by atoms with Crippen LogP contribution < -0.4 is 4.74 Å². The van der Waals surface area contributed by atoms with Crippen molar-refractivity contribution in [2.75, 3.05) is 7.11 Å². The highest BCUT2D eigenvalue weighted by molar-refractivity contribution is 5.91. The van der Waals surface area contributed by atoms with Crippen molar-refractivity contribution in [3.8, 4) is 22.9 Å². The Labute approximate surface area is 210 Å². The van der Waals surface area contributed by atoms with Crippen LogP contribution >= 0.6 is 0 Å². The number of methoxy groups -OCH3 is 1. The van der Waals surface area contributed by atoms with Crippen LogP contribution in [0.3, 0.4) is 0 Å². The molecule has 3 aromatic carbocycles. The Morgan fingerprint density at radius 3 is 2.47 bits per heavy atom. The number of ether oxygens (including phenoxy) is 3. The van der Waals surface area contributed by atoms with Gasteiger partial charge in [-0.25, -0.2) is 9.59 Å². The lowest BCUT2D eigenvalue weighted by Crippen LogP contribution is -2.33. The van der Waals surface area contributed by atoms with Crippen LogP contribution in [0.2, 0.25) is 0 Å². The highest BCUT2D eigenvalue weighted by Gasteiger charge is 2.28. The van der Waals surface area contributed by atoms with Gasteiger partial charge in [0.15, 0.2) is 0 Å². The summed E-state index contributed by atoms with van der Waals surface area (Å²) in [6.07, 6.45) is -0.339. The van der Waals surface area contributed by atoms with Crippen molar-refractivity contribution in [2.45, 2.75) is 46.1 Å². The number of hydrogen-bond donors (Lipinski definition) is 0. The van der Waals surface area contributed by atoms with Gasteiger partial charge in [-0.1, -0.05) is 18.2 Å². The Kier molecular flexibility index (Phi) is 6.98. The van der Waals surface area contributed by atoms with E-state index in [1.165, 1.54) is 7.11 Å². The van der Waals surface area contributed by atoms with Crippen molar-refractivity contribution in [1.29, 1.82) is 5.26 Å². The summed E-state index contributed by atoms with van der Waals surface area (Å²) in [5, 5.41) is 9.25. The zero-order valence-corrected chi connectivity index (χ0v) is 20.8. The maximum Gasteiger partial charge on any atom is 0.410 e. The quantitative estimate of drug-likeness (QED) is 0.423. The van der Waals surface area contributed by atoms with Crippen LogP contribution in [0.4, 0.5) is 4.79 Å². The van der Waals surface area contributed by atoms with E-state index < -0.39 is 11.6 Å². The molecule has 0 aromatic heterocycles. The SMILES string of the molecule is COC(=O)c1cc(COc2ccc3c(c2)CN(C(=O)OC(C)(C)C)C3)cc(-c2cccc(C#N)c2)c1. The molecule has 184 valence electrons. The lowest BCUT2D eigenvalue weighted by molar-refractivity contribution is 0.0241. The summed E-state index contributed by atoms with van der Waals surface area (Å²) < 4.78 is 16.5. The van der Waals surface area contributed by atoms with Crippen LogP contribution in [-0.2, 0) is 29.2 Å². The molecule has 0 bridgehead atoms. The molecule has 0 saturated carbocycles. The molecule has 0 N–H and O–H groups in total. The van der Waals surface area contributed by atoms with Crippen molar-refractivity contribution in [1.82, 2.24) is 4.90 Å². The Bertz CT molecular complexity index is 1350. The van der Waals surface area contributed by atoms with Gasteiger partial charge in [-0.05, 0) is 91.1 Å². The van der Waals surface area contributed by atoms with E-state index in [1.807, 2.05) is 51.1 Å². The van der Waals surface area contributed by atoms with Crippen molar-refractivity contribution in [3.63, 3.8) is 0 Å². The third-order valence-electron chi connectivity index (χ3n) is 5.70. The number of nitrogens with zero attached hydrogens (tertiary/aromatic N) is 2. The molecule has 36 heavy (non-hydrogen) atoms. The molecule has 1 amide bonds. The number of nitriles is 1. The number of carbonyl (C=O) groups excluding carboxylic acids is 2. The van der Waals surface area contributed by atoms with E-state index in [2.05, 4.69) is 6.07 Å². The molecule has 0 atom stereocenters. The van der Waals surface area contributed by atoms with E-state index >= 15 is 0 Å². The average molecular weight is 485 g/mol. The highest BCUT2D eigenvalue weighted by Crippen LogP contribution is 2.29. The summed E-state index contributed by atoms with van der Waals surface area (Å²) in [7, 11) is 1.34. The Balaban J connectivity index is 1.52. The Morgan fingerprint density at radius 2 is 1.75 bits per heavy atom. The first-order valence-electron chi connectivity index (χ1n) is 11.6. The molecule has 7 nitrogen and oxygen atoms in total. The minimum Gasteiger partial charge on any atom is -0.489 e. The molecule has 0 fully saturated rings. The van der Waals surface area contributed by atoms with Crippen molar-refractivity contribution in [3.05, 3.63) is 88.5 Å². The molecule has 1 aliphatic rings. The summed E-state index contributed by atoms with van der Waals surface area (Å²) in [5.41, 5.74) is 4.84. The number of benzene rings is 3. The molecule has 0 unspecified atom stereocenters. The van der Waals surface area contributed by atoms with Crippen molar-refractivity contribution >= 4 is 12.1 Å². The van der Waals surface area contributed by atoms with E-state index in [1.54, 1.807) is 35.2 Å². The molecule has 1 heterocycles. The zero-order valence-electron chi connectivity index (χ0n) is 20.8. The smallest absolute Gasteiger partial charge is 0.410 e. The molecule has 7 heteroatoms. The molecule has 0 saturated heterocycles. The summed E-state index contributed by atoms with van der Waals surface area (Å²) in [6.45, 7) is 6.72. The van der Waals surface area contributed by atoms with E-state index in [-0.39, 0.29) is 12.7 Å². The third kappa shape index (κ3) is 5.84. The van der Waals surface area contributed by atoms with Gasteiger partial charge < -0.3 is 14.2 Å². The van der Waals surface area contributed by atoms with Crippen LogP contribution in [0.25, 0.3) is 11.1 Å². The number of hydrogen-bond acceptors (Lipinski definition) is 6. The molecular weight excluding hydrogens is 456 g/mol. The molecule has 0 aliphatic carbocycles. The first kappa shape index (κ1) is 24.8. The molecular formula is C29H28N2O5. The van der Waals surface area contributed by atoms with Gasteiger partial charge in [-0.2, -0.15) is 5.26 Å². The predicted molar refractivity (Wildman–Crippen MR) is 134 cm³/mol. The Morgan fingerprint density at radius 1 is 0.972 bits per heavy atom. The maximum atomic E-state index is 12.4. The van der Waals surface area contributed by atoms with Crippen molar-refractivity contribution in [2.24, 2.45) is 0 Å². The highest BCUT2D eigenvalue weighted by atomic mass is 16.6. The largest absolute Gasteiger partial charge is 0.489 e. The topological polar surface area (TPSA) is 88.9 Å². The zero-order chi connectivity index (χ0) is 25.9. The standard InChI is InChI=1S/C29H28N2O5/c1-29(2,3)36-28(33)31-16-22-8-9-26(14-25(22)17-31)35-18-20-11-23(13-24(12-20)27(32)34-4)21-7-5-6-19(10-21)15-30/h5-14H,16-18H2,1-4H3. The van der Waals surface area contributed by atoms with Gasteiger partial charge in [0.2, 0.25) is 0 Å². The summed E-state index contributed by atoms with van der Waals surface area (Å²) >= 11 is 0. The number of esters is 1. The minimum atomic E-state index is -0.548. The Hall–Kier alpha value is -4.31. The molecule has 4 rings (SSSR count). The monoisotopic (exact) mass is 484 g/mol. The van der Waals surface area contributed by atoms with Crippen LogP contribution in [0.1, 0.15) is 53.4 Å². The minimum absolute atomic E-state index is 0.227. The first-order valence-corrected chi connectivity index (χ1v) is 11.6. The molecule has 0 radical (unpaired) electrons. The second-order valence-electron chi connectivity index (χ2n) is 9.66. The van der Waals surface area contributed by atoms with Crippen LogP contribution in [-0.4, -0.2) is 29.7 Å². The van der Waals surface area contributed by atoms with Gasteiger partial charge in [0.25, 0.3) is 0 Å². The lowest BCUT2D eigenvalue weighted by Gasteiger charge is -2.24. The van der Waals surface area contributed by atoms with Gasteiger partial charge in [-0.15, -0.1) is 0 Å². The van der Waals surface area contributed by atoms with Gasteiger partial charge in [-0.3, -0.25) is 4.90 Å². The fourth-order valence-electron chi connectivity index (χ4n) is 4.03. The van der Waals surface area contributed by atoms with Gasteiger partial charge in [0.1, 0.15) is 18.0 Å².